The molecule has 0 aliphatic heterocycles. The molecular weight excluding hydrogens is 276 g/mol. The molecule has 0 heterocycles. The van der Waals surface area contributed by atoms with E-state index >= 15 is 0 Å². The largest absolute Gasteiger partial charge is 0.353 e. The zero-order chi connectivity index (χ0) is 16.6. The Morgan fingerprint density at radius 1 is 0.955 bits per heavy atom. The minimum absolute atomic E-state index is 0.0370. The Morgan fingerprint density at radius 2 is 1.55 bits per heavy atom. The van der Waals surface area contributed by atoms with Gasteiger partial charge in [0.2, 0.25) is 0 Å². The number of unbranched alkanes of at least 4 members (excludes halogenated alkanes) is 3. The molecule has 0 N–H and O–H groups in total. The fourth-order valence-electron chi connectivity index (χ4n) is 2.04. The first-order chi connectivity index (χ1) is 10.7. The van der Waals surface area contributed by atoms with Gasteiger partial charge < -0.3 is 9.47 Å². The highest BCUT2D eigenvalue weighted by Crippen LogP contribution is 2.08. The Labute approximate surface area is 136 Å². The molecule has 0 radical (unpaired) electrons. The van der Waals surface area contributed by atoms with E-state index in [1.807, 2.05) is 32.9 Å². The van der Waals surface area contributed by atoms with Gasteiger partial charge in [-0.3, -0.25) is 4.79 Å². The zero-order valence-electron chi connectivity index (χ0n) is 14.6. The van der Waals surface area contributed by atoms with Gasteiger partial charge in [-0.1, -0.05) is 50.5 Å². The highest BCUT2D eigenvalue weighted by atomic mass is 16.7. The van der Waals surface area contributed by atoms with E-state index in [1.54, 1.807) is 0 Å². The van der Waals surface area contributed by atoms with Crippen LogP contribution in [0, 0.1) is 0 Å². The van der Waals surface area contributed by atoms with Crippen molar-refractivity contribution in [3.63, 3.8) is 0 Å². The molecule has 22 heavy (non-hydrogen) atoms. The number of hydrogen-bond donors (Lipinski definition) is 0. The van der Waals surface area contributed by atoms with Crippen molar-refractivity contribution in [2.75, 3.05) is 13.2 Å². The quantitative estimate of drug-likeness (QED) is 0.345. The summed E-state index contributed by atoms with van der Waals surface area (Å²) in [5, 5.41) is 0. The van der Waals surface area contributed by atoms with Gasteiger partial charge in [0, 0.05) is 18.8 Å². The zero-order valence-corrected chi connectivity index (χ0v) is 14.6. The van der Waals surface area contributed by atoms with Gasteiger partial charge in [-0.05, 0) is 39.2 Å². The van der Waals surface area contributed by atoms with Gasteiger partial charge in [0.1, 0.15) is 6.29 Å². The third-order valence-electron chi connectivity index (χ3n) is 3.24. The third kappa shape index (κ3) is 11.5. The van der Waals surface area contributed by atoms with Gasteiger partial charge in [0.25, 0.3) is 0 Å². The lowest BCUT2D eigenvalue weighted by Gasteiger charge is -2.09. The van der Waals surface area contributed by atoms with Crippen molar-refractivity contribution < 1.29 is 14.3 Å². The second-order valence-electron chi connectivity index (χ2n) is 5.15. The van der Waals surface area contributed by atoms with E-state index in [-0.39, 0.29) is 6.29 Å². The van der Waals surface area contributed by atoms with Gasteiger partial charge in [-0.15, -0.1) is 0 Å². The Balaban J connectivity index is 0.000000472. The molecule has 0 amide bonds. The molecule has 0 aliphatic rings. The van der Waals surface area contributed by atoms with E-state index < -0.39 is 0 Å². The summed E-state index contributed by atoms with van der Waals surface area (Å²) in [5.74, 6) is 0. The number of rotatable bonds is 10. The third-order valence-corrected chi connectivity index (χ3v) is 3.24. The Kier molecular flexibility index (Phi) is 13.9. The predicted octanol–water partition coefficient (Wildman–Crippen LogP) is 5.03. The number of aryl methyl sites for hydroxylation is 1. The van der Waals surface area contributed by atoms with E-state index in [9.17, 15) is 4.79 Å². The molecule has 3 heteroatoms. The Bertz CT molecular complexity index is 353. The lowest BCUT2D eigenvalue weighted by Crippen LogP contribution is -2.11. The maximum atomic E-state index is 10.4. The summed E-state index contributed by atoms with van der Waals surface area (Å²) in [4.78, 5) is 10.4. The normalized spacial score (nSPS) is 10.2. The van der Waals surface area contributed by atoms with E-state index in [4.69, 9.17) is 9.47 Å². The van der Waals surface area contributed by atoms with Crippen LogP contribution < -0.4 is 0 Å². The van der Waals surface area contributed by atoms with E-state index in [0.29, 0.717) is 0 Å². The van der Waals surface area contributed by atoms with Crippen molar-refractivity contribution in [2.45, 2.75) is 66.1 Å². The lowest BCUT2D eigenvalue weighted by molar-refractivity contribution is -0.123. The van der Waals surface area contributed by atoms with Crippen molar-refractivity contribution in [2.24, 2.45) is 0 Å². The van der Waals surface area contributed by atoms with Crippen LogP contribution in [0.5, 0.6) is 0 Å². The molecule has 126 valence electrons. The second-order valence-corrected chi connectivity index (χ2v) is 5.15. The van der Waals surface area contributed by atoms with Crippen molar-refractivity contribution in [1.29, 1.82) is 0 Å². The minimum atomic E-state index is -0.0370. The molecule has 0 atom stereocenters. The Morgan fingerprint density at radius 3 is 2.00 bits per heavy atom. The van der Waals surface area contributed by atoms with Crippen LogP contribution in [0.25, 0.3) is 0 Å². The maximum absolute atomic E-state index is 10.4. The second kappa shape index (κ2) is 14.7. The summed E-state index contributed by atoms with van der Waals surface area (Å²) >= 11 is 0. The molecule has 0 aliphatic carbocycles. The number of aldehydes is 1. The first-order valence-corrected chi connectivity index (χ1v) is 8.45. The first-order valence-electron chi connectivity index (χ1n) is 8.45. The average Bonchev–Trinajstić information content (AvgIpc) is 2.53. The van der Waals surface area contributed by atoms with E-state index in [2.05, 4.69) is 19.1 Å². The number of ether oxygens (including phenoxy) is 2. The van der Waals surface area contributed by atoms with Crippen LogP contribution in [0.1, 0.15) is 69.3 Å². The van der Waals surface area contributed by atoms with Gasteiger partial charge in [-0.2, -0.15) is 0 Å². The molecule has 1 aromatic rings. The van der Waals surface area contributed by atoms with Crippen molar-refractivity contribution in [3.05, 3.63) is 35.4 Å². The predicted molar refractivity (Wildman–Crippen MR) is 92.4 cm³/mol. The summed E-state index contributed by atoms with van der Waals surface area (Å²) in [7, 11) is 0. The van der Waals surface area contributed by atoms with E-state index in [1.165, 1.54) is 31.2 Å². The molecule has 0 unspecified atom stereocenters. The van der Waals surface area contributed by atoms with E-state index in [0.717, 1.165) is 31.5 Å². The number of carbonyl (C=O) groups excluding carboxylic acids is 1. The molecule has 0 fully saturated rings. The van der Waals surface area contributed by atoms with Crippen LogP contribution in [-0.4, -0.2) is 25.8 Å². The monoisotopic (exact) mass is 308 g/mol. The minimum Gasteiger partial charge on any atom is -0.353 e. The van der Waals surface area contributed by atoms with Crippen molar-refractivity contribution >= 4 is 6.29 Å². The topological polar surface area (TPSA) is 35.5 Å². The Hall–Kier alpha value is -1.19. The summed E-state index contributed by atoms with van der Waals surface area (Å²) < 4.78 is 10.1. The molecule has 0 saturated heterocycles. The smallest absolute Gasteiger partial charge is 0.154 e. The summed E-state index contributed by atoms with van der Waals surface area (Å²) in [6.45, 7) is 9.47. The molecule has 0 saturated carbocycles. The fourth-order valence-corrected chi connectivity index (χ4v) is 2.04. The van der Waals surface area contributed by atoms with Crippen molar-refractivity contribution in [3.8, 4) is 0 Å². The van der Waals surface area contributed by atoms with Crippen LogP contribution in [0.3, 0.4) is 0 Å². The van der Waals surface area contributed by atoms with Crippen molar-refractivity contribution in [1.82, 2.24) is 0 Å². The highest BCUT2D eigenvalue weighted by molar-refractivity contribution is 5.74. The molecule has 0 aromatic heterocycles. The van der Waals surface area contributed by atoms with Gasteiger partial charge >= 0.3 is 0 Å². The molecule has 0 spiro atoms. The van der Waals surface area contributed by atoms with Crippen LogP contribution in [-0.2, 0) is 15.9 Å². The first kappa shape index (κ1) is 20.8. The number of benzene rings is 1. The number of hydrogen-bond acceptors (Lipinski definition) is 3. The molecule has 1 rings (SSSR count). The lowest BCUT2D eigenvalue weighted by atomic mass is 10.1. The summed E-state index contributed by atoms with van der Waals surface area (Å²) in [5.41, 5.74) is 2.11. The highest BCUT2D eigenvalue weighted by Gasteiger charge is 1.95. The molecule has 0 bridgehead atoms. The van der Waals surface area contributed by atoms with Crippen LogP contribution >= 0.6 is 0 Å². The number of carbonyl (C=O) groups is 1. The van der Waals surface area contributed by atoms with Gasteiger partial charge in [0.15, 0.2) is 6.29 Å². The van der Waals surface area contributed by atoms with Crippen LogP contribution in [0.2, 0.25) is 0 Å². The summed E-state index contributed by atoms with van der Waals surface area (Å²) in [6.07, 6.45) is 7.17. The average molecular weight is 308 g/mol. The molecular formula is C19H32O3. The SMILES string of the molecule is CCCCCCc1ccc(C=O)cc1.CCOC(C)OCC. The van der Waals surface area contributed by atoms with Crippen LogP contribution in [0.15, 0.2) is 24.3 Å². The molecule has 1 aromatic carbocycles. The fraction of sp³-hybridized carbons (Fsp3) is 0.632. The van der Waals surface area contributed by atoms with Gasteiger partial charge in [-0.25, -0.2) is 0 Å². The molecule has 3 nitrogen and oxygen atoms in total. The van der Waals surface area contributed by atoms with Crippen LogP contribution in [0.4, 0.5) is 0 Å². The van der Waals surface area contributed by atoms with Gasteiger partial charge in [0.05, 0.1) is 0 Å². The standard InChI is InChI=1S/C13H18O.C6H14O2/c1-2-3-4-5-6-12-7-9-13(11-14)10-8-12;1-4-7-6(3)8-5-2/h7-11H,2-6H2,1H3;6H,4-5H2,1-3H3. The summed E-state index contributed by atoms with van der Waals surface area (Å²) in [6, 6.07) is 7.88. The maximum Gasteiger partial charge on any atom is 0.154 e.